The zero-order valence-corrected chi connectivity index (χ0v) is 19.0. The second kappa shape index (κ2) is 9.64. The number of aromatic nitrogens is 1. The van der Waals surface area contributed by atoms with E-state index in [9.17, 15) is 9.59 Å². The number of hydrogen-bond acceptors (Lipinski definition) is 8. The summed E-state index contributed by atoms with van der Waals surface area (Å²) in [6.45, 7) is 7.63. The minimum absolute atomic E-state index is 0.265. The first kappa shape index (κ1) is 22.2. The van der Waals surface area contributed by atoms with E-state index in [1.165, 1.54) is 11.3 Å². The second-order valence-electron chi connectivity index (χ2n) is 7.82. The van der Waals surface area contributed by atoms with E-state index in [2.05, 4.69) is 15.2 Å². The Morgan fingerprint density at radius 2 is 1.94 bits per heavy atom. The molecule has 32 heavy (non-hydrogen) atoms. The fourth-order valence-electron chi connectivity index (χ4n) is 3.73. The lowest BCUT2D eigenvalue weighted by Gasteiger charge is -2.26. The summed E-state index contributed by atoms with van der Waals surface area (Å²) >= 11 is 1.18. The standard InChI is InChI=1S/C23H26N4O4S/c1-14-11-15(2)25-22-19(14)20(24)21(32-22)23(29)31-13-18(28)26-17-5-3-16(4-6-17)12-27-7-9-30-10-8-27/h3-6,11H,7-10,12-13,24H2,1-2H3,(H,26,28). The number of carbonyl (C=O) groups is 2. The number of nitrogen functional groups attached to an aromatic ring is 1. The van der Waals surface area contributed by atoms with Crippen molar-refractivity contribution in [3.8, 4) is 0 Å². The van der Waals surface area contributed by atoms with Crippen molar-refractivity contribution in [1.29, 1.82) is 0 Å². The van der Waals surface area contributed by atoms with Gasteiger partial charge in [-0.15, -0.1) is 11.3 Å². The molecule has 1 saturated heterocycles. The van der Waals surface area contributed by atoms with E-state index in [-0.39, 0.29) is 4.88 Å². The summed E-state index contributed by atoms with van der Waals surface area (Å²) in [6.07, 6.45) is 0. The average molecular weight is 455 g/mol. The molecule has 0 atom stereocenters. The van der Waals surface area contributed by atoms with Gasteiger partial charge in [-0.3, -0.25) is 9.69 Å². The molecule has 3 aromatic rings. The van der Waals surface area contributed by atoms with Gasteiger partial charge in [-0.1, -0.05) is 12.1 Å². The van der Waals surface area contributed by atoms with Gasteiger partial charge in [0.25, 0.3) is 5.91 Å². The highest BCUT2D eigenvalue weighted by molar-refractivity contribution is 7.21. The van der Waals surface area contributed by atoms with E-state index in [0.717, 1.165) is 55.1 Å². The van der Waals surface area contributed by atoms with Crippen LogP contribution in [-0.2, 0) is 20.8 Å². The Bertz CT molecular complexity index is 1140. The second-order valence-corrected chi connectivity index (χ2v) is 8.81. The Labute approximate surface area is 190 Å². The van der Waals surface area contributed by atoms with Crippen molar-refractivity contribution in [3.05, 3.63) is 52.0 Å². The molecular formula is C23H26N4O4S. The number of rotatable bonds is 6. The molecule has 3 heterocycles. The Morgan fingerprint density at radius 1 is 1.22 bits per heavy atom. The first-order valence-corrected chi connectivity index (χ1v) is 11.2. The Kier molecular flexibility index (Phi) is 6.69. The number of carbonyl (C=O) groups excluding carboxylic acids is 2. The van der Waals surface area contributed by atoms with Crippen molar-refractivity contribution >= 4 is 44.8 Å². The maximum atomic E-state index is 12.5. The van der Waals surface area contributed by atoms with E-state index in [1.54, 1.807) is 0 Å². The molecule has 1 aliphatic rings. The van der Waals surface area contributed by atoms with Gasteiger partial charge in [-0.05, 0) is 43.2 Å². The van der Waals surface area contributed by atoms with Crippen LogP contribution in [0.3, 0.4) is 0 Å². The monoisotopic (exact) mass is 454 g/mol. The topological polar surface area (TPSA) is 107 Å². The maximum Gasteiger partial charge on any atom is 0.351 e. The lowest BCUT2D eigenvalue weighted by Crippen LogP contribution is -2.35. The molecule has 1 amide bonds. The number of amides is 1. The van der Waals surface area contributed by atoms with E-state index in [4.69, 9.17) is 15.2 Å². The molecule has 168 valence electrons. The van der Waals surface area contributed by atoms with Crippen LogP contribution >= 0.6 is 11.3 Å². The number of fused-ring (bicyclic) bond motifs is 1. The number of pyridine rings is 1. The van der Waals surface area contributed by atoms with E-state index in [1.807, 2.05) is 44.2 Å². The van der Waals surface area contributed by atoms with Crippen LogP contribution in [0.4, 0.5) is 11.4 Å². The number of thiophene rings is 1. The third-order valence-electron chi connectivity index (χ3n) is 5.29. The fraction of sp³-hybridized carbons (Fsp3) is 0.348. The van der Waals surface area contributed by atoms with Gasteiger partial charge in [-0.25, -0.2) is 9.78 Å². The third-order valence-corrected chi connectivity index (χ3v) is 6.37. The number of nitrogens with one attached hydrogen (secondary N) is 1. The van der Waals surface area contributed by atoms with Crippen LogP contribution in [0, 0.1) is 13.8 Å². The number of esters is 1. The van der Waals surface area contributed by atoms with Gasteiger partial charge in [-0.2, -0.15) is 0 Å². The molecule has 0 spiro atoms. The van der Waals surface area contributed by atoms with Crippen molar-refractivity contribution < 1.29 is 19.1 Å². The molecule has 3 N–H and O–H groups in total. The maximum absolute atomic E-state index is 12.5. The first-order chi connectivity index (χ1) is 15.4. The third kappa shape index (κ3) is 5.07. The highest BCUT2D eigenvalue weighted by Crippen LogP contribution is 2.35. The number of hydrogen-bond donors (Lipinski definition) is 2. The summed E-state index contributed by atoms with van der Waals surface area (Å²) in [5.74, 6) is -1.04. The Morgan fingerprint density at radius 3 is 2.66 bits per heavy atom. The van der Waals surface area contributed by atoms with Crippen LogP contribution in [0.1, 0.15) is 26.5 Å². The highest BCUT2D eigenvalue weighted by Gasteiger charge is 2.21. The normalized spacial score (nSPS) is 14.4. The van der Waals surface area contributed by atoms with Crippen molar-refractivity contribution in [3.63, 3.8) is 0 Å². The van der Waals surface area contributed by atoms with Crippen LogP contribution in [0.15, 0.2) is 30.3 Å². The summed E-state index contributed by atoms with van der Waals surface area (Å²) in [5.41, 5.74) is 10.1. The summed E-state index contributed by atoms with van der Waals surface area (Å²) in [5, 5.41) is 3.51. The van der Waals surface area contributed by atoms with Gasteiger partial charge < -0.3 is 20.5 Å². The van der Waals surface area contributed by atoms with E-state index >= 15 is 0 Å². The van der Waals surface area contributed by atoms with Gasteiger partial charge >= 0.3 is 5.97 Å². The molecule has 1 aromatic carbocycles. The number of nitrogens with zero attached hydrogens (tertiary/aromatic N) is 2. The number of nitrogens with two attached hydrogens (primary N) is 1. The zero-order valence-electron chi connectivity index (χ0n) is 18.1. The lowest BCUT2D eigenvalue weighted by molar-refractivity contribution is -0.119. The van der Waals surface area contributed by atoms with Crippen molar-refractivity contribution in [1.82, 2.24) is 9.88 Å². The summed E-state index contributed by atoms with van der Waals surface area (Å²) in [6, 6.07) is 9.56. The Balaban J connectivity index is 1.32. The predicted molar refractivity (Wildman–Crippen MR) is 125 cm³/mol. The molecule has 8 nitrogen and oxygen atoms in total. The van der Waals surface area contributed by atoms with Crippen molar-refractivity contribution in [2.75, 3.05) is 44.0 Å². The molecule has 4 rings (SSSR count). The largest absolute Gasteiger partial charge is 0.451 e. The number of aryl methyl sites for hydroxylation is 2. The molecule has 1 fully saturated rings. The van der Waals surface area contributed by atoms with Gasteiger partial charge in [0.1, 0.15) is 9.71 Å². The van der Waals surface area contributed by atoms with E-state index < -0.39 is 18.5 Å². The van der Waals surface area contributed by atoms with Gasteiger partial charge in [0.2, 0.25) is 0 Å². The summed E-state index contributed by atoms with van der Waals surface area (Å²) < 4.78 is 10.6. The first-order valence-electron chi connectivity index (χ1n) is 10.4. The molecule has 9 heteroatoms. The van der Waals surface area contributed by atoms with Gasteiger partial charge in [0.05, 0.1) is 18.9 Å². The van der Waals surface area contributed by atoms with Crippen LogP contribution in [0.25, 0.3) is 10.2 Å². The van der Waals surface area contributed by atoms with Gasteiger partial charge in [0, 0.05) is 36.4 Å². The Hall–Kier alpha value is -3.01. The predicted octanol–water partition coefficient (Wildman–Crippen LogP) is 3.12. The van der Waals surface area contributed by atoms with Crippen molar-refractivity contribution in [2.24, 2.45) is 0 Å². The molecular weight excluding hydrogens is 428 g/mol. The summed E-state index contributed by atoms with van der Waals surface area (Å²) in [7, 11) is 0. The zero-order chi connectivity index (χ0) is 22.7. The fourth-order valence-corrected chi connectivity index (χ4v) is 4.84. The molecule has 0 unspecified atom stereocenters. The lowest BCUT2D eigenvalue weighted by atomic mass is 10.1. The van der Waals surface area contributed by atoms with Crippen LogP contribution < -0.4 is 11.1 Å². The molecule has 0 aliphatic carbocycles. The van der Waals surface area contributed by atoms with Crippen LogP contribution in [0.2, 0.25) is 0 Å². The quantitative estimate of drug-likeness (QED) is 0.551. The number of benzene rings is 1. The molecule has 0 saturated carbocycles. The number of ether oxygens (including phenoxy) is 2. The number of anilines is 2. The average Bonchev–Trinajstić information content (AvgIpc) is 3.10. The minimum Gasteiger partial charge on any atom is -0.451 e. The van der Waals surface area contributed by atoms with Crippen LogP contribution in [-0.4, -0.2) is 54.7 Å². The number of morpholine rings is 1. The molecule has 2 aromatic heterocycles. The van der Waals surface area contributed by atoms with E-state index in [0.29, 0.717) is 16.2 Å². The van der Waals surface area contributed by atoms with Crippen LogP contribution in [0.5, 0.6) is 0 Å². The SMILES string of the molecule is Cc1cc(C)c2c(N)c(C(=O)OCC(=O)Nc3ccc(CN4CCOCC4)cc3)sc2n1. The van der Waals surface area contributed by atoms with Gasteiger partial charge in [0.15, 0.2) is 6.61 Å². The minimum atomic E-state index is -0.626. The smallest absolute Gasteiger partial charge is 0.351 e. The summed E-state index contributed by atoms with van der Waals surface area (Å²) in [4.78, 5) is 32.5. The molecule has 1 aliphatic heterocycles. The molecule has 0 radical (unpaired) electrons. The van der Waals surface area contributed by atoms with Crippen molar-refractivity contribution in [2.45, 2.75) is 20.4 Å². The highest BCUT2D eigenvalue weighted by atomic mass is 32.1. The molecule has 0 bridgehead atoms.